The number of thiazole rings is 1. The van der Waals surface area contributed by atoms with E-state index in [9.17, 15) is 13.2 Å². The Balaban J connectivity index is 1.96. The number of benzene rings is 1. The summed E-state index contributed by atoms with van der Waals surface area (Å²) < 4.78 is 26.7. The number of fused-ring (bicyclic) bond motifs is 1. The zero-order valence-electron chi connectivity index (χ0n) is 13.8. The van der Waals surface area contributed by atoms with E-state index >= 15 is 0 Å². The van der Waals surface area contributed by atoms with Gasteiger partial charge in [0.1, 0.15) is 10.3 Å². The standard InChI is InChI=1S/C16H16N4O4S2/c1-10(22)18-16-20-14-6-5-13(19-15(14)25-16)11-3-2-4-12(9-11)26(23,24)17-7-8-21/h2-6,9,17,21H,7-8H2,1H3,(H,18,20,22). The molecule has 3 aromatic rings. The Morgan fingerprint density at radius 1 is 1.23 bits per heavy atom. The van der Waals surface area contributed by atoms with Gasteiger partial charge in [-0.1, -0.05) is 23.5 Å². The molecule has 2 aromatic heterocycles. The molecule has 0 atom stereocenters. The summed E-state index contributed by atoms with van der Waals surface area (Å²) in [5, 5.41) is 11.9. The topological polar surface area (TPSA) is 121 Å². The monoisotopic (exact) mass is 392 g/mol. The molecular formula is C16H16N4O4S2. The molecule has 10 heteroatoms. The largest absolute Gasteiger partial charge is 0.395 e. The second kappa shape index (κ2) is 7.46. The normalized spacial score (nSPS) is 11.6. The highest BCUT2D eigenvalue weighted by Gasteiger charge is 2.15. The van der Waals surface area contributed by atoms with Crippen molar-refractivity contribution in [2.24, 2.45) is 0 Å². The van der Waals surface area contributed by atoms with Crippen molar-refractivity contribution in [2.75, 3.05) is 18.5 Å². The Morgan fingerprint density at radius 2 is 2.04 bits per heavy atom. The van der Waals surface area contributed by atoms with Gasteiger partial charge in [-0.05, 0) is 24.3 Å². The Morgan fingerprint density at radius 3 is 2.77 bits per heavy atom. The van der Waals surface area contributed by atoms with E-state index < -0.39 is 10.0 Å². The first-order valence-electron chi connectivity index (χ1n) is 7.65. The summed E-state index contributed by atoms with van der Waals surface area (Å²) in [6.07, 6.45) is 0. The van der Waals surface area contributed by atoms with Gasteiger partial charge in [-0.25, -0.2) is 23.1 Å². The minimum Gasteiger partial charge on any atom is -0.395 e. The lowest BCUT2D eigenvalue weighted by molar-refractivity contribution is -0.114. The second-order valence-corrected chi connectivity index (χ2v) is 8.11. The van der Waals surface area contributed by atoms with Crippen LogP contribution in [0.25, 0.3) is 21.6 Å². The maximum Gasteiger partial charge on any atom is 0.240 e. The van der Waals surface area contributed by atoms with Gasteiger partial charge >= 0.3 is 0 Å². The highest BCUT2D eigenvalue weighted by atomic mass is 32.2. The van der Waals surface area contributed by atoms with E-state index in [0.29, 0.717) is 26.7 Å². The van der Waals surface area contributed by atoms with E-state index in [4.69, 9.17) is 5.11 Å². The molecule has 0 unspecified atom stereocenters. The quantitative estimate of drug-likeness (QED) is 0.586. The summed E-state index contributed by atoms with van der Waals surface area (Å²) in [5.41, 5.74) is 1.87. The van der Waals surface area contributed by atoms with E-state index in [0.717, 1.165) is 0 Å². The number of aliphatic hydroxyl groups is 1. The van der Waals surface area contributed by atoms with Gasteiger partial charge in [-0.3, -0.25) is 4.79 Å². The molecule has 0 radical (unpaired) electrons. The molecule has 0 aliphatic rings. The highest BCUT2D eigenvalue weighted by molar-refractivity contribution is 7.89. The molecular weight excluding hydrogens is 376 g/mol. The van der Waals surface area contributed by atoms with Crippen LogP contribution >= 0.6 is 11.3 Å². The van der Waals surface area contributed by atoms with E-state index in [-0.39, 0.29) is 24.0 Å². The molecule has 0 aliphatic heterocycles. The first kappa shape index (κ1) is 18.4. The fourth-order valence-electron chi connectivity index (χ4n) is 2.27. The maximum absolute atomic E-state index is 12.2. The van der Waals surface area contributed by atoms with Gasteiger partial charge in [-0.15, -0.1) is 0 Å². The van der Waals surface area contributed by atoms with Crippen molar-refractivity contribution in [1.29, 1.82) is 0 Å². The summed E-state index contributed by atoms with van der Waals surface area (Å²) >= 11 is 1.24. The molecule has 3 rings (SSSR count). The maximum atomic E-state index is 12.2. The van der Waals surface area contributed by atoms with E-state index in [1.54, 1.807) is 24.3 Å². The minimum absolute atomic E-state index is 0.0520. The van der Waals surface area contributed by atoms with Crippen molar-refractivity contribution in [3.8, 4) is 11.3 Å². The number of anilines is 1. The van der Waals surface area contributed by atoms with Crippen molar-refractivity contribution in [3.05, 3.63) is 36.4 Å². The smallest absolute Gasteiger partial charge is 0.240 e. The van der Waals surface area contributed by atoms with E-state index in [1.807, 2.05) is 0 Å². The molecule has 0 saturated heterocycles. The minimum atomic E-state index is -3.70. The molecule has 0 aliphatic carbocycles. The Hall–Kier alpha value is -2.40. The lowest BCUT2D eigenvalue weighted by Gasteiger charge is -2.07. The van der Waals surface area contributed by atoms with Crippen LogP contribution in [0.15, 0.2) is 41.3 Å². The van der Waals surface area contributed by atoms with Gasteiger partial charge in [0, 0.05) is 19.0 Å². The zero-order chi connectivity index (χ0) is 18.7. The first-order chi connectivity index (χ1) is 12.4. The van der Waals surface area contributed by atoms with Crippen LogP contribution in [0, 0.1) is 0 Å². The van der Waals surface area contributed by atoms with Crippen molar-refractivity contribution in [3.63, 3.8) is 0 Å². The van der Waals surface area contributed by atoms with Gasteiger partial charge in [0.05, 0.1) is 17.2 Å². The molecule has 0 saturated carbocycles. The van der Waals surface area contributed by atoms with Crippen LogP contribution < -0.4 is 10.0 Å². The van der Waals surface area contributed by atoms with Gasteiger partial charge in [-0.2, -0.15) is 0 Å². The molecule has 0 bridgehead atoms. The van der Waals surface area contributed by atoms with Gasteiger partial charge < -0.3 is 10.4 Å². The number of amides is 1. The number of sulfonamides is 1. The van der Waals surface area contributed by atoms with E-state index in [1.165, 1.54) is 30.4 Å². The van der Waals surface area contributed by atoms with Crippen LogP contribution in [0.1, 0.15) is 6.92 Å². The van der Waals surface area contributed by atoms with Crippen molar-refractivity contribution in [2.45, 2.75) is 11.8 Å². The number of carbonyl (C=O) groups is 1. The number of nitrogens with zero attached hydrogens (tertiary/aromatic N) is 2. The molecule has 2 heterocycles. The number of aliphatic hydroxyl groups excluding tert-OH is 1. The van der Waals surface area contributed by atoms with Gasteiger partial charge in [0.25, 0.3) is 0 Å². The third-order valence-corrected chi connectivity index (χ3v) is 5.72. The number of aromatic nitrogens is 2. The molecule has 0 spiro atoms. The summed E-state index contributed by atoms with van der Waals surface area (Å²) in [4.78, 5) is 20.7. The number of rotatable bonds is 6. The lowest BCUT2D eigenvalue weighted by Crippen LogP contribution is -2.26. The number of nitrogens with one attached hydrogen (secondary N) is 2. The Labute approximate surface area is 154 Å². The van der Waals surface area contributed by atoms with Crippen LogP contribution in [-0.2, 0) is 14.8 Å². The SMILES string of the molecule is CC(=O)Nc1nc2ccc(-c3cccc(S(=O)(=O)NCCO)c3)nc2s1. The molecule has 1 amide bonds. The highest BCUT2D eigenvalue weighted by Crippen LogP contribution is 2.28. The predicted molar refractivity (Wildman–Crippen MR) is 99.4 cm³/mol. The van der Waals surface area contributed by atoms with Crippen LogP contribution in [0.3, 0.4) is 0 Å². The van der Waals surface area contributed by atoms with Gasteiger partial charge in [0.2, 0.25) is 15.9 Å². The third kappa shape index (κ3) is 4.05. The average molecular weight is 392 g/mol. The fourth-order valence-corrected chi connectivity index (χ4v) is 4.22. The molecule has 0 fully saturated rings. The zero-order valence-corrected chi connectivity index (χ0v) is 15.4. The number of hydrogen-bond donors (Lipinski definition) is 3. The summed E-state index contributed by atoms with van der Waals surface area (Å²) in [5.74, 6) is -0.211. The molecule has 3 N–H and O–H groups in total. The second-order valence-electron chi connectivity index (χ2n) is 5.37. The van der Waals surface area contributed by atoms with Crippen LogP contribution in [0.5, 0.6) is 0 Å². The first-order valence-corrected chi connectivity index (χ1v) is 9.95. The molecule has 136 valence electrons. The number of pyridine rings is 1. The summed E-state index contributed by atoms with van der Waals surface area (Å²) in [6, 6.07) is 9.89. The van der Waals surface area contributed by atoms with Crippen molar-refractivity contribution < 1.29 is 18.3 Å². The van der Waals surface area contributed by atoms with Gasteiger partial charge in [0.15, 0.2) is 5.13 Å². The predicted octanol–water partition coefficient (Wildman–Crippen LogP) is 1.59. The fraction of sp³-hybridized carbons (Fsp3) is 0.188. The van der Waals surface area contributed by atoms with Crippen molar-refractivity contribution in [1.82, 2.24) is 14.7 Å². The lowest BCUT2D eigenvalue weighted by atomic mass is 10.1. The van der Waals surface area contributed by atoms with Crippen LogP contribution in [0.2, 0.25) is 0 Å². The van der Waals surface area contributed by atoms with Crippen LogP contribution in [0.4, 0.5) is 5.13 Å². The molecule has 26 heavy (non-hydrogen) atoms. The molecule has 8 nitrogen and oxygen atoms in total. The number of hydrogen-bond acceptors (Lipinski definition) is 7. The van der Waals surface area contributed by atoms with Crippen LogP contribution in [-0.4, -0.2) is 42.6 Å². The summed E-state index contributed by atoms with van der Waals surface area (Å²) in [7, 11) is -3.70. The number of carbonyl (C=O) groups excluding carboxylic acids is 1. The third-order valence-electron chi connectivity index (χ3n) is 3.38. The Kier molecular flexibility index (Phi) is 5.28. The summed E-state index contributed by atoms with van der Waals surface area (Å²) in [6.45, 7) is 1.07. The van der Waals surface area contributed by atoms with E-state index in [2.05, 4.69) is 20.0 Å². The average Bonchev–Trinajstić information content (AvgIpc) is 3.00. The Bertz CT molecular complexity index is 1060. The van der Waals surface area contributed by atoms with Crippen molar-refractivity contribution >= 4 is 42.7 Å². The molecule has 1 aromatic carbocycles.